The number of hydrogen-bond donors (Lipinski definition) is 1. The normalized spacial score (nSPS) is 21.1. The third kappa shape index (κ3) is 5.89. The molecular weight excluding hydrogens is 232 g/mol. The Balaban J connectivity index is 2.26. The number of terminal acetylenes is 1. The van der Waals surface area contributed by atoms with Gasteiger partial charge in [-0.25, -0.2) is 4.79 Å². The first-order valence-electron chi connectivity index (χ1n) is 6.15. The van der Waals surface area contributed by atoms with Crippen LogP contribution in [0.2, 0.25) is 0 Å². The molecule has 1 rings (SSSR count). The fraction of sp³-hybridized carbons (Fsp3) is 0.769. The molecule has 1 amide bonds. The maximum absolute atomic E-state index is 11.5. The number of nitrogens with one attached hydrogen (secondary N) is 1. The van der Waals surface area contributed by atoms with E-state index in [0.717, 1.165) is 13.1 Å². The van der Waals surface area contributed by atoms with Crippen LogP contribution >= 0.6 is 0 Å². The lowest BCUT2D eigenvalue weighted by atomic mass is 10.2. The number of amides is 1. The van der Waals surface area contributed by atoms with E-state index >= 15 is 0 Å². The second kappa shape index (κ2) is 6.62. The lowest BCUT2D eigenvalue weighted by molar-refractivity contribution is -0.0242. The molecule has 1 aliphatic heterocycles. The van der Waals surface area contributed by atoms with E-state index in [0.29, 0.717) is 19.7 Å². The van der Waals surface area contributed by atoms with Gasteiger partial charge < -0.3 is 14.8 Å². The SMILES string of the molecule is C#CCN1CCOC(CNC(=O)OC(C)(C)C)C1. The van der Waals surface area contributed by atoms with Crippen molar-refractivity contribution in [2.45, 2.75) is 32.5 Å². The van der Waals surface area contributed by atoms with Crippen molar-refractivity contribution in [3.63, 3.8) is 0 Å². The summed E-state index contributed by atoms with van der Waals surface area (Å²) >= 11 is 0. The molecule has 1 aliphatic rings. The van der Waals surface area contributed by atoms with Crippen molar-refractivity contribution in [2.24, 2.45) is 0 Å². The number of carbonyl (C=O) groups is 1. The van der Waals surface area contributed by atoms with Crippen LogP contribution in [0.25, 0.3) is 0 Å². The molecule has 1 fully saturated rings. The van der Waals surface area contributed by atoms with Crippen LogP contribution in [0.1, 0.15) is 20.8 Å². The molecule has 1 saturated heterocycles. The molecule has 0 aliphatic carbocycles. The Hall–Kier alpha value is -1.25. The summed E-state index contributed by atoms with van der Waals surface area (Å²) in [6.07, 6.45) is 4.83. The number of nitrogens with zero attached hydrogens (tertiary/aromatic N) is 1. The number of rotatable bonds is 3. The van der Waals surface area contributed by atoms with E-state index < -0.39 is 11.7 Å². The average Bonchev–Trinajstić information content (AvgIpc) is 2.25. The van der Waals surface area contributed by atoms with Gasteiger partial charge in [0.25, 0.3) is 0 Å². The number of carbonyl (C=O) groups excluding carboxylic acids is 1. The smallest absolute Gasteiger partial charge is 0.407 e. The van der Waals surface area contributed by atoms with E-state index in [2.05, 4.69) is 16.1 Å². The van der Waals surface area contributed by atoms with Crippen LogP contribution in [0.5, 0.6) is 0 Å². The van der Waals surface area contributed by atoms with Crippen molar-refractivity contribution < 1.29 is 14.3 Å². The fourth-order valence-electron chi connectivity index (χ4n) is 1.69. The van der Waals surface area contributed by atoms with Gasteiger partial charge >= 0.3 is 6.09 Å². The molecule has 18 heavy (non-hydrogen) atoms. The highest BCUT2D eigenvalue weighted by atomic mass is 16.6. The zero-order chi connectivity index (χ0) is 13.6. The van der Waals surface area contributed by atoms with E-state index in [-0.39, 0.29) is 6.10 Å². The second-order valence-corrected chi connectivity index (χ2v) is 5.31. The van der Waals surface area contributed by atoms with Crippen LogP contribution in [0.4, 0.5) is 4.79 Å². The summed E-state index contributed by atoms with van der Waals surface area (Å²) in [5.41, 5.74) is -0.479. The molecule has 0 aromatic rings. The molecule has 0 spiro atoms. The van der Waals surface area contributed by atoms with Gasteiger partial charge in [0.1, 0.15) is 5.60 Å². The van der Waals surface area contributed by atoms with Crippen LogP contribution in [0, 0.1) is 12.3 Å². The Morgan fingerprint density at radius 2 is 2.33 bits per heavy atom. The Bertz CT molecular complexity index is 317. The molecule has 0 radical (unpaired) electrons. The zero-order valence-corrected chi connectivity index (χ0v) is 11.4. The number of hydrogen-bond acceptors (Lipinski definition) is 4. The van der Waals surface area contributed by atoms with Crippen LogP contribution in [0.15, 0.2) is 0 Å². The van der Waals surface area contributed by atoms with E-state index in [9.17, 15) is 4.79 Å². The predicted molar refractivity (Wildman–Crippen MR) is 69.2 cm³/mol. The third-order valence-electron chi connectivity index (χ3n) is 2.41. The van der Waals surface area contributed by atoms with Crippen molar-refractivity contribution in [1.82, 2.24) is 10.2 Å². The maximum atomic E-state index is 11.5. The van der Waals surface area contributed by atoms with Crippen molar-refractivity contribution in [2.75, 3.05) is 32.8 Å². The van der Waals surface area contributed by atoms with E-state index in [4.69, 9.17) is 15.9 Å². The molecular formula is C13H22N2O3. The Morgan fingerprint density at radius 3 is 2.94 bits per heavy atom. The van der Waals surface area contributed by atoms with E-state index in [1.54, 1.807) is 0 Å². The van der Waals surface area contributed by atoms with Crippen molar-refractivity contribution in [1.29, 1.82) is 0 Å². The molecule has 1 unspecified atom stereocenters. The largest absolute Gasteiger partial charge is 0.444 e. The minimum Gasteiger partial charge on any atom is -0.444 e. The summed E-state index contributed by atoms with van der Waals surface area (Å²) in [4.78, 5) is 13.6. The summed E-state index contributed by atoms with van der Waals surface area (Å²) < 4.78 is 10.7. The summed E-state index contributed by atoms with van der Waals surface area (Å²) in [6.45, 7) is 8.77. The monoisotopic (exact) mass is 254 g/mol. The fourth-order valence-corrected chi connectivity index (χ4v) is 1.69. The summed E-state index contributed by atoms with van der Waals surface area (Å²) in [5, 5.41) is 2.71. The van der Waals surface area contributed by atoms with Gasteiger partial charge in [-0.2, -0.15) is 0 Å². The van der Waals surface area contributed by atoms with Gasteiger partial charge in [-0.3, -0.25) is 4.90 Å². The van der Waals surface area contributed by atoms with Gasteiger partial charge in [0.05, 0.1) is 19.3 Å². The molecule has 1 atom stereocenters. The van der Waals surface area contributed by atoms with E-state index in [1.807, 2.05) is 20.8 Å². The van der Waals surface area contributed by atoms with Crippen LogP contribution in [-0.4, -0.2) is 55.5 Å². The highest BCUT2D eigenvalue weighted by molar-refractivity contribution is 5.67. The van der Waals surface area contributed by atoms with Crippen molar-refractivity contribution in [3.8, 4) is 12.3 Å². The first kappa shape index (κ1) is 14.8. The quantitative estimate of drug-likeness (QED) is 0.758. The standard InChI is InChI=1S/C13H22N2O3/c1-5-6-15-7-8-17-11(10-15)9-14-12(16)18-13(2,3)4/h1,11H,6-10H2,2-4H3,(H,14,16). The molecule has 5 heteroatoms. The number of ether oxygens (including phenoxy) is 2. The molecule has 0 bridgehead atoms. The molecule has 1 heterocycles. The highest BCUT2D eigenvalue weighted by Crippen LogP contribution is 2.07. The van der Waals surface area contributed by atoms with Crippen LogP contribution < -0.4 is 5.32 Å². The van der Waals surface area contributed by atoms with Gasteiger partial charge in [-0.05, 0) is 20.8 Å². The second-order valence-electron chi connectivity index (χ2n) is 5.31. The molecule has 5 nitrogen and oxygen atoms in total. The molecule has 102 valence electrons. The number of alkyl carbamates (subject to hydrolysis) is 1. The minimum atomic E-state index is -0.479. The van der Waals surface area contributed by atoms with Crippen molar-refractivity contribution in [3.05, 3.63) is 0 Å². The van der Waals surface area contributed by atoms with Gasteiger partial charge in [-0.1, -0.05) is 5.92 Å². The van der Waals surface area contributed by atoms with Gasteiger partial charge in [0.15, 0.2) is 0 Å². The van der Waals surface area contributed by atoms with Gasteiger partial charge in [0.2, 0.25) is 0 Å². The Kier molecular flexibility index (Phi) is 5.45. The molecule has 0 saturated carbocycles. The topological polar surface area (TPSA) is 50.8 Å². The van der Waals surface area contributed by atoms with Gasteiger partial charge in [-0.15, -0.1) is 6.42 Å². The first-order valence-corrected chi connectivity index (χ1v) is 6.15. The minimum absolute atomic E-state index is 0.0281. The molecule has 0 aromatic carbocycles. The Morgan fingerprint density at radius 1 is 1.61 bits per heavy atom. The summed E-state index contributed by atoms with van der Waals surface area (Å²) in [5.74, 6) is 2.61. The van der Waals surface area contributed by atoms with Crippen LogP contribution in [-0.2, 0) is 9.47 Å². The molecule has 1 N–H and O–H groups in total. The van der Waals surface area contributed by atoms with Crippen molar-refractivity contribution >= 4 is 6.09 Å². The third-order valence-corrected chi connectivity index (χ3v) is 2.41. The molecule has 0 aromatic heterocycles. The number of morpholine rings is 1. The lowest BCUT2D eigenvalue weighted by Gasteiger charge is -2.31. The summed E-state index contributed by atoms with van der Waals surface area (Å²) in [7, 11) is 0. The lowest BCUT2D eigenvalue weighted by Crippen LogP contribution is -2.48. The average molecular weight is 254 g/mol. The van der Waals surface area contributed by atoms with Gasteiger partial charge in [0, 0.05) is 19.6 Å². The maximum Gasteiger partial charge on any atom is 0.407 e. The van der Waals surface area contributed by atoms with E-state index in [1.165, 1.54) is 0 Å². The first-order chi connectivity index (χ1) is 8.40. The zero-order valence-electron chi connectivity index (χ0n) is 11.4. The Labute approximate surface area is 109 Å². The van der Waals surface area contributed by atoms with Crippen LogP contribution in [0.3, 0.4) is 0 Å². The highest BCUT2D eigenvalue weighted by Gasteiger charge is 2.22. The summed E-state index contributed by atoms with van der Waals surface area (Å²) in [6, 6.07) is 0. The predicted octanol–water partition coefficient (Wildman–Crippen LogP) is 0.845.